The van der Waals surface area contributed by atoms with Crippen molar-refractivity contribution in [2.24, 2.45) is 4.99 Å². The topological polar surface area (TPSA) is 117 Å². The molecule has 3 N–H and O–H groups in total. The first-order chi connectivity index (χ1) is 14.9. The van der Waals surface area contributed by atoms with Crippen LogP contribution in [0.15, 0.2) is 88.8 Å². The second kappa shape index (κ2) is 9.88. The first kappa shape index (κ1) is 22.0. The molecular weight excluding hydrogens is 418 g/mol. The fraction of sp³-hybridized carbons (Fsp3) is 0.0909. The molecule has 31 heavy (non-hydrogen) atoms. The number of rotatable bonds is 6. The molecule has 3 aromatic rings. The molecule has 0 radical (unpaired) electrons. The fourth-order valence-electron chi connectivity index (χ4n) is 2.68. The summed E-state index contributed by atoms with van der Waals surface area (Å²) in [5.74, 6) is 0.216. The molecule has 0 aliphatic carbocycles. The average molecular weight is 439 g/mol. The second-order valence-electron chi connectivity index (χ2n) is 6.31. The number of hydrogen-bond donors (Lipinski definition) is 3. The van der Waals surface area contributed by atoms with Gasteiger partial charge in [-0.1, -0.05) is 30.3 Å². The van der Waals surface area contributed by atoms with Crippen LogP contribution in [0.2, 0.25) is 0 Å². The van der Waals surface area contributed by atoms with Gasteiger partial charge in [0.2, 0.25) is 5.96 Å². The quantitative estimate of drug-likeness (QED) is 0.305. The smallest absolute Gasteiger partial charge is 0.296 e. The Balaban J connectivity index is 1.96. The van der Waals surface area contributed by atoms with E-state index in [-0.39, 0.29) is 16.5 Å². The maximum absolute atomic E-state index is 12.6. The molecule has 0 heterocycles. The summed E-state index contributed by atoms with van der Waals surface area (Å²) in [6, 6.07) is 21.1. The molecule has 3 rings (SSSR count). The van der Waals surface area contributed by atoms with Crippen LogP contribution < -0.4 is 15.4 Å². The van der Waals surface area contributed by atoms with Crippen LogP contribution in [0.4, 0.5) is 11.4 Å². The van der Waals surface area contributed by atoms with Crippen LogP contribution in [-0.4, -0.2) is 31.4 Å². The lowest BCUT2D eigenvalue weighted by Gasteiger charge is -2.13. The van der Waals surface area contributed by atoms with Gasteiger partial charge in [0.05, 0.1) is 12.3 Å². The third kappa shape index (κ3) is 6.14. The summed E-state index contributed by atoms with van der Waals surface area (Å²) < 4.78 is 38.3. The highest BCUT2D eigenvalue weighted by Gasteiger charge is 2.16. The van der Waals surface area contributed by atoms with E-state index in [1.165, 1.54) is 18.2 Å². The van der Waals surface area contributed by atoms with Crippen molar-refractivity contribution in [1.29, 1.82) is 0 Å². The van der Waals surface area contributed by atoms with E-state index < -0.39 is 16.0 Å². The molecule has 0 bridgehead atoms. The number of nitrogens with zero attached hydrogens (tertiary/aromatic N) is 1. The molecule has 8 nitrogen and oxygen atoms in total. The minimum atomic E-state index is -4.51. The van der Waals surface area contributed by atoms with Gasteiger partial charge in [-0.3, -0.25) is 14.7 Å². The maximum atomic E-state index is 12.6. The van der Waals surface area contributed by atoms with Crippen molar-refractivity contribution in [2.45, 2.75) is 11.8 Å². The number of carbonyl (C=O) groups is 1. The molecule has 1 amide bonds. The zero-order chi connectivity index (χ0) is 22.3. The Bertz CT molecular complexity index is 1180. The van der Waals surface area contributed by atoms with Crippen LogP contribution in [0, 0.1) is 0 Å². The molecule has 3 aromatic carbocycles. The van der Waals surface area contributed by atoms with Gasteiger partial charge in [-0.05, 0) is 55.5 Å². The summed E-state index contributed by atoms with van der Waals surface area (Å²) >= 11 is 0. The van der Waals surface area contributed by atoms with Crippen LogP contribution >= 0.6 is 0 Å². The zero-order valence-electron chi connectivity index (χ0n) is 16.6. The van der Waals surface area contributed by atoms with E-state index in [1.807, 2.05) is 6.92 Å². The molecule has 9 heteroatoms. The Kier molecular flexibility index (Phi) is 7.01. The number of anilines is 1. The van der Waals surface area contributed by atoms with Gasteiger partial charge in [0, 0.05) is 11.3 Å². The number of ether oxygens (including phenoxy) is 1. The van der Waals surface area contributed by atoms with Crippen molar-refractivity contribution in [1.82, 2.24) is 5.32 Å². The van der Waals surface area contributed by atoms with Crippen molar-refractivity contribution >= 4 is 33.4 Å². The highest BCUT2D eigenvalue weighted by atomic mass is 32.2. The number of amides is 1. The van der Waals surface area contributed by atoms with Crippen LogP contribution in [0.25, 0.3) is 0 Å². The molecule has 0 aliphatic rings. The van der Waals surface area contributed by atoms with Crippen LogP contribution in [0.3, 0.4) is 0 Å². The van der Waals surface area contributed by atoms with Crippen molar-refractivity contribution < 1.29 is 22.5 Å². The summed E-state index contributed by atoms with van der Waals surface area (Å²) in [6.07, 6.45) is 0. The summed E-state index contributed by atoms with van der Waals surface area (Å²) in [6.45, 7) is 2.40. The maximum Gasteiger partial charge on any atom is 0.296 e. The lowest BCUT2D eigenvalue weighted by molar-refractivity contribution is 0.0977. The van der Waals surface area contributed by atoms with Gasteiger partial charge < -0.3 is 10.1 Å². The Morgan fingerprint density at radius 2 is 1.61 bits per heavy atom. The standard InChI is InChI=1S/C22H21N3O5S/c1-2-30-18-14-12-17(13-15-18)23-22(25-21(26)16-8-4-3-5-9-16)24-19-10-6-7-11-20(19)31(27,28)29/h3-15H,2H2,1H3,(H,27,28,29)(H2,23,24,25,26). The highest BCUT2D eigenvalue weighted by Crippen LogP contribution is 2.24. The van der Waals surface area contributed by atoms with E-state index >= 15 is 0 Å². The lowest BCUT2D eigenvalue weighted by Crippen LogP contribution is -2.35. The van der Waals surface area contributed by atoms with Crippen molar-refractivity contribution in [2.75, 3.05) is 11.9 Å². The Morgan fingerprint density at radius 3 is 2.26 bits per heavy atom. The van der Waals surface area contributed by atoms with Crippen molar-refractivity contribution in [3.8, 4) is 5.75 Å². The monoisotopic (exact) mass is 439 g/mol. The zero-order valence-corrected chi connectivity index (χ0v) is 17.5. The minimum Gasteiger partial charge on any atom is -0.494 e. The lowest BCUT2D eigenvalue weighted by atomic mass is 10.2. The number of carbonyl (C=O) groups excluding carboxylic acids is 1. The summed E-state index contributed by atoms with van der Waals surface area (Å²) in [5, 5.41) is 5.60. The molecule has 0 aromatic heterocycles. The number of hydrogen-bond acceptors (Lipinski definition) is 5. The molecular formula is C22H21N3O5S. The predicted molar refractivity (Wildman–Crippen MR) is 118 cm³/mol. The molecule has 0 fully saturated rings. The van der Waals surface area contributed by atoms with Crippen LogP contribution in [-0.2, 0) is 10.1 Å². The summed E-state index contributed by atoms with van der Waals surface area (Å²) in [4.78, 5) is 16.5. The van der Waals surface area contributed by atoms with Crippen molar-refractivity contribution in [3.63, 3.8) is 0 Å². The van der Waals surface area contributed by atoms with Gasteiger partial charge in [0.15, 0.2) is 0 Å². The van der Waals surface area contributed by atoms with Gasteiger partial charge in [-0.15, -0.1) is 0 Å². The third-order valence-corrected chi connectivity index (χ3v) is 4.97. The Labute approximate surface area is 180 Å². The molecule has 0 unspecified atom stereocenters. The SMILES string of the molecule is CCOc1ccc(NC(=Nc2ccccc2S(=O)(=O)O)NC(=O)c2ccccc2)cc1. The number of guanidine groups is 1. The highest BCUT2D eigenvalue weighted by molar-refractivity contribution is 7.86. The number of nitrogens with one attached hydrogen (secondary N) is 2. The van der Waals surface area contributed by atoms with Crippen LogP contribution in [0.1, 0.15) is 17.3 Å². The van der Waals surface area contributed by atoms with Gasteiger partial charge >= 0.3 is 0 Å². The Morgan fingerprint density at radius 1 is 0.968 bits per heavy atom. The number of aliphatic imine (C=N–C) groups is 1. The number of para-hydroxylation sites is 1. The molecule has 0 saturated heterocycles. The summed E-state index contributed by atoms with van der Waals surface area (Å²) in [5.41, 5.74) is 0.943. The van der Waals surface area contributed by atoms with E-state index in [2.05, 4.69) is 15.6 Å². The van der Waals surface area contributed by atoms with E-state index in [0.717, 1.165) is 0 Å². The van der Waals surface area contributed by atoms with Crippen molar-refractivity contribution in [3.05, 3.63) is 84.4 Å². The second-order valence-corrected chi connectivity index (χ2v) is 7.70. The third-order valence-electron chi connectivity index (χ3n) is 4.07. The van der Waals surface area contributed by atoms with Gasteiger partial charge in [-0.25, -0.2) is 4.99 Å². The van der Waals surface area contributed by atoms with E-state index in [4.69, 9.17) is 4.74 Å². The van der Waals surface area contributed by atoms with Gasteiger partial charge in [-0.2, -0.15) is 8.42 Å². The first-order valence-corrected chi connectivity index (χ1v) is 10.8. The first-order valence-electron chi connectivity index (χ1n) is 9.38. The minimum absolute atomic E-state index is 0.0193. The van der Waals surface area contributed by atoms with E-state index in [0.29, 0.717) is 23.6 Å². The number of benzene rings is 3. The van der Waals surface area contributed by atoms with Crippen LogP contribution in [0.5, 0.6) is 5.75 Å². The predicted octanol–water partition coefficient (Wildman–Crippen LogP) is 3.86. The largest absolute Gasteiger partial charge is 0.494 e. The van der Waals surface area contributed by atoms with E-state index in [9.17, 15) is 17.8 Å². The van der Waals surface area contributed by atoms with E-state index in [1.54, 1.807) is 60.7 Å². The average Bonchev–Trinajstić information content (AvgIpc) is 2.75. The fourth-order valence-corrected chi connectivity index (χ4v) is 3.31. The molecule has 160 valence electrons. The molecule has 0 atom stereocenters. The Hall–Kier alpha value is -3.69. The molecule has 0 spiro atoms. The van der Waals surface area contributed by atoms with Gasteiger partial charge in [0.1, 0.15) is 10.6 Å². The molecule has 0 aliphatic heterocycles. The molecule has 0 saturated carbocycles. The summed E-state index contributed by atoms with van der Waals surface area (Å²) in [7, 11) is -4.51. The van der Waals surface area contributed by atoms with Gasteiger partial charge in [0.25, 0.3) is 16.0 Å². The normalized spacial score (nSPS) is 11.6.